The molecule has 0 bridgehead atoms. The molecule has 0 aliphatic carbocycles. The fraction of sp³-hybridized carbons (Fsp3) is 0.389. The first-order valence-corrected chi connectivity index (χ1v) is 7.42. The fourth-order valence-corrected chi connectivity index (χ4v) is 2.67. The van der Waals surface area contributed by atoms with Gasteiger partial charge in [0.25, 0.3) is 0 Å². The number of hydrogen-bond donors (Lipinski definition) is 0. The molecule has 0 saturated heterocycles. The number of rotatable bonds is 4. The minimum absolute atomic E-state index is 0.150. The van der Waals surface area contributed by atoms with Crippen LogP contribution in [-0.4, -0.2) is 17.0 Å². The Balaban J connectivity index is 2.23. The number of aromatic nitrogens is 1. The lowest BCUT2D eigenvalue weighted by Gasteiger charge is -2.21. The summed E-state index contributed by atoms with van der Waals surface area (Å²) in [6, 6.07) is 10.2. The van der Waals surface area contributed by atoms with Crippen molar-refractivity contribution in [2.24, 2.45) is 7.05 Å². The summed E-state index contributed by atoms with van der Waals surface area (Å²) in [7, 11) is 2.04. The highest BCUT2D eigenvalue weighted by Crippen LogP contribution is 2.19. The van der Waals surface area contributed by atoms with Gasteiger partial charge in [-0.15, -0.1) is 0 Å². The topological polar surface area (TPSA) is 25.2 Å². The maximum atomic E-state index is 12.6. The van der Waals surface area contributed by atoms with E-state index in [0.29, 0.717) is 13.0 Å². The third-order valence-corrected chi connectivity index (χ3v) is 4.15. The summed E-state index contributed by atoms with van der Waals surface area (Å²) >= 11 is 0. The lowest BCUT2D eigenvalue weighted by atomic mass is 10.1. The lowest BCUT2D eigenvalue weighted by molar-refractivity contribution is -0.117. The molecule has 21 heavy (non-hydrogen) atoms. The Kier molecular flexibility index (Phi) is 4.51. The Hall–Kier alpha value is -2.03. The van der Waals surface area contributed by atoms with Gasteiger partial charge in [-0.1, -0.05) is 12.1 Å². The van der Waals surface area contributed by atoms with Crippen molar-refractivity contribution in [3.05, 3.63) is 52.8 Å². The molecule has 2 aromatic rings. The van der Waals surface area contributed by atoms with Crippen molar-refractivity contribution in [3.8, 4) is 0 Å². The molecule has 1 heterocycles. The van der Waals surface area contributed by atoms with E-state index in [1.165, 1.54) is 17.0 Å². The Bertz CT molecular complexity index is 655. The van der Waals surface area contributed by atoms with Crippen molar-refractivity contribution >= 4 is 11.6 Å². The van der Waals surface area contributed by atoms with Crippen molar-refractivity contribution in [1.82, 2.24) is 4.57 Å². The predicted molar refractivity (Wildman–Crippen MR) is 87.8 cm³/mol. The zero-order valence-electron chi connectivity index (χ0n) is 13.6. The van der Waals surface area contributed by atoms with E-state index < -0.39 is 0 Å². The van der Waals surface area contributed by atoms with Crippen LogP contribution in [0.3, 0.4) is 0 Å². The molecule has 0 fully saturated rings. The molecular formula is C18H24N2O. The van der Waals surface area contributed by atoms with Crippen LogP contribution in [0, 0.1) is 20.8 Å². The van der Waals surface area contributed by atoms with Gasteiger partial charge in [-0.05, 0) is 57.0 Å². The predicted octanol–water partition coefficient (Wildman–Crippen LogP) is 3.55. The van der Waals surface area contributed by atoms with Crippen molar-refractivity contribution < 1.29 is 4.79 Å². The highest BCUT2D eigenvalue weighted by atomic mass is 16.2. The molecule has 1 aromatic heterocycles. The molecule has 2 rings (SSSR count). The number of hydrogen-bond acceptors (Lipinski definition) is 1. The van der Waals surface area contributed by atoms with Crippen LogP contribution >= 0.6 is 0 Å². The first kappa shape index (κ1) is 15.4. The molecule has 0 radical (unpaired) electrons. The Morgan fingerprint density at radius 3 is 2.43 bits per heavy atom. The number of amides is 1. The third kappa shape index (κ3) is 3.18. The molecule has 3 nitrogen and oxygen atoms in total. The smallest absolute Gasteiger partial charge is 0.231 e. The zero-order valence-corrected chi connectivity index (χ0v) is 13.6. The summed E-state index contributed by atoms with van der Waals surface area (Å²) < 4.78 is 2.13. The van der Waals surface area contributed by atoms with Crippen LogP contribution in [0.2, 0.25) is 0 Å². The summed E-state index contributed by atoms with van der Waals surface area (Å²) in [5, 5.41) is 0. The Labute approximate surface area is 127 Å². The van der Waals surface area contributed by atoms with Crippen LogP contribution in [-0.2, 0) is 18.3 Å². The van der Waals surface area contributed by atoms with Gasteiger partial charge in [0.2, 0.25) is 5.91 Å². The number of carbonyl (C=O) groups is 1. The molecule has 112 valence electrons. The number of anilines is 1. The van der Waals surface area contributed by atoms with Gasteiger partial charge < -0.3 is 9.47 Å². The van der Waals surface area contributed by atoms with Gasteiger partial charge in [0, 0.05) is 30.7 Å². The summed E-state index contributed by atoms with van der Waals surface area (Å²) in [5.41, 5.74) is 5.62. The molecule has 0 aliphatic rings. The molecule has 0 spiro atoms. The maximum absolute atomic E-state index is 12.6. The maximum Gasteiger partial charge on any atom is 0.231 e. The summed E-state index contributed by atoms with van der Waals surface area (Å²) in [5.74, 6) is 0.150. The van der Waals surface area contributed by atoms with Crippen LogP contribution < -0.4 is 4.90 Å². The molecule has 0 saturated carbocycles. The molecule has 0 atom stereocenters. The lowest BCUT2D eigenvalue weighted by Crippen LogP contribution is -2.32. The average Bonchev–Trinajstić information content (AvgIpc) is 2.67. The minimum atomic E-state index is 0.150. The first-order valence-electron chi connectivity index (χ1n) is 7.42. The van der Waals surface area contributed by atoms with Crippen LogP contribution in [0.1, 0.15) is 29.4 Å². The van der Waals surface area contributed by atoms with Gasteiger partial charge in [0.15, 0.2) is 0 Å². The van der Waals surface area contributed by atoms with E-state index >= 15 is 0 Å². The van der Waals surface area contributed by atoms with E-state index in [4.69, 9.17) is 0 Å². The van der Waals surface area contributed by atoms with Gasteiger partial charge in [0.05, 0.1) is 6.42 Å². The number of aryl methyl sites for hydroxylation is 2. The van der Waals surface area contributed by atoms with Crippen LogP contribution in [0.15, 0.2) is 30.3 Å². The second-order valence-electron chi connectivity index (χ2n) is 5.61. The van der Waals surface area contributed by atoms with Crippen molar-refractivity contribution in [1.29, 1.82) is 0 Å². The summed E-state index contributed by atoms with van der Waals surface area (Å²) in [6.45, 7) is 8.89. The molecule has 0 unspecified atom stereocenters. The van der Waals surface area contributed by atoms with Gasteiger partial charge in [-0.25, -0.2) is 0 Å². The number of benzene rings is 1. The summed E-state index contributed by atoms with van der Waals surface area (Å²) in [6.07, 6.45) is 0.454. The fourth-order valence-electron chi connectivity index (χ4n) is 2.67. The quantitative estimate of drug-likeness (QED) is 0.843. The van der Waals surface area contributed by atoms with Gasteiger partial charge in [0.1, 0.15) is 0 Å². The molecular weight excluding hydrogens is 260 g/mol. The largest absolute Gasteiger partial charge is 0.352 e. The third-order valence-electron chi connectivity index (χ3n) is 4.15. The van der Waals surface area contributed by atoms with Crippen molar-refractivity contribution in [3.63, 3.8) is 0 Å². The molecule has 1 amide bonds. The Morgan fingerprint density at radius 2 is 1.90 bits per heavy atom. The van der Waals surface area contributed by atoms with Gasteiger partial charge in [-0.2, -0.15) is 0 Å². The SMILES string of the molecule is CCN(C(=O)Cc1cc(C)n(C)c1C)c1cccc(C)c1. The monoisotopic (exact) mass is 284 g/mol. The van der Waals surface area contributed by atoms with E-state index in [9.17, 15) is 4.79 Å². The summed E-state index contributed by atoms with van der Waals surface area (Å²) in [4.78, 5) is 14.5. The highest BCUT2D eigenvalue weighted by Gasteiger charge is 2.17. The van der Waals surface area contributed by atoms with Gasteiger partial charge in [-0.3, -0.25) is 4.79 Å². The molecule has 0 N–H and O–H groups in total. The number of carbonyl (C=O) groups excluding carboxylic acids is 1. The van der Waals surface area contributed by atoms with Crippen LogP contribution in [0.4, 0.5) is 5.69 Å². The second-order valence-corrected chi connectivity index (χ2v) is 5.61. The highest BCUT2D eigenvalue weighted by molar-refractivity contribution is 5.94. The zero-order chi connectivity index (χ0) is 15.6. The number of nitrogens with zero attached hydrogens (tertiary/aromatic N) is 2. The van der Waals surface area contributed by atoms with Crippen LogP contribution in [0.25, 0.3) is 0 Å². The molecule has 1 aromatic carbocycles. The molecule has 0 aliphatic heterocycles. The first-order chi connectivity index (χ1) is 9.93. The molecule has 3 heteroatoms. The minimum Gasteiger partial charge on any atom is -0.352 e. The van der Waals surface area contributed by atoms with E-state index in [-0.39, 0.29) is 5.91 Å². The van der Waals surface area contributed by atoms with Crippen molar-refractivity contribution in [2.45, 2.75) is 34.1 Å². The van der Waals surface area contributed by atoms with E-state index in [0.717, 1.165) is 11.3 Å². The van der Waals surface area contributed by atoms with E-state index in [1.807, 2.05) is 44.0 Å². The standard InChI is InChI=1S/C18H24N2O/c1-6-20(17-9-7-8-13(2)10-17)18(21)12-16-11-14(3)19(5)15(16)4/h7-11H,6,12H2,1-5H3. The Morgan fingerprint density at radius 1 is 1.19 bits per heavy atom. The van der Waals surface area contributed by atoms with Crippen LogP contribution in [0.5, 0.6) is 0 Å². The average molecular weight is 284 g/mol. The van der Waals surface area contributed by atoms with E-state index in [2.05, 4.69) is 30.5 Å². The van der Waals surface area contributed by atoms with Gasteiger partial charge >= 0.3 is 0 Å². The number of likely N-dealkylation sites (N-methyl/N-ethyl adjacent to an activating group) is 1. The van der Waals surface area contributed by atoms with Crippen molar-refractivity contribution in [2.75, 3.05) is 11.4 Å². The van der Waals surface area contributed by atoms with E-state index in [1.54, 1.807) is 0 Å². The normalized spacial score (nSPS) is 10.7. The second kappa shape index (κ2) is 6.17.